The van der Waals surface area contributed by atoms with Crippen LogP contribution in [0.1, 0.15) is 26.7 Å². The van der Waals surface area contributed by atoms with Crippen molar-refractivity contribution in [1.29, 1.82) is 0 Å². The first-order chi connectivity index (χ1) is 8.84. The van der Waals surface area contributed by atoms with Crippen molar-refractivity contribution in [1.82, 2.24) is 4.31 Å². The number of hydrogen-bond donors (Lipinski definition) is 1. The Morgan fingerprint density at radius 2 is 2.05 bits per heavy atom. The number of hydrogen-bond acceptors (Lipinski definition) is 3. The van der Waals surface area contributed by atoms with Crippen LogP contribution in [0, 0.1) is 11.7 Å². The van der Waals surface area contributed by atoms with Crippen molar-refractivity contribution in [3.63, 3.8) is 0 Å². The van der Waals surface area contributed by atoms with E-state index in [9.17, 15) is 12.8 Å². The van der Waals surface area contributed by atoms with E-state index < -0.39 is 15.8 Å². The summed E-state index contributed by atoms with van der Waals surface area (Å²) >= 11 is 0. The van der Waals surface area contributed by atoms with E-state index in [2.05, 4.69) is 0 Å². The molecule has 2 rings (SSSR count). The van der Waals surface area contributed by atoms with Crippen molar-refractivity contribution >= 4 is 15.7 Å². The Morgan fingerprint density at radius 1 is 1.37 bits per heavy atom. The second-order valence-corrected chi connectivity index (χ2v) is 7.05. The predicted molar refractivity (Wildman–Crippen MR) is 72.6 cm³/mol. The second kappa shape index (κ2) is 5.09. The number of nitrogens with zero attached hydrogens (tertiary/aromatic N) is 1. The highest BCUT2D eigenvalue weighted by atomic mass is 32.2. The SMILES string of the molecule is CC1CCCN(S(=O)(=O)c2ccc(F)c(N)c2)C1C. The van der Waals surface area contributed by atoms with Crippen molar-refractivity contribution in [3.8, 4) is 0 Å². The zero-order valence-corrected chi connectivity index (χ0v) is 12.0. The molecule has 19 heavy (non-hydrogen) atoms. The molecule has 1 aliphatic heterocycles. The van der Waals surface area contributed by atoms with Crippen LogP contribution in [0.4, 0.5) is 10.1 Å². The average molecular weight is 286 g/mol. The molecule has 4 nitrogen and oxygen atoms in total. The molecule has 106 valence electrons. The highest BCUT2D eigenvalue weighted by Gasteiger charge is 2.34. The molecule has 6 heteroatoms. The molecule has 1 aliphatic rings. The molecular formula is C13H19FN2O2S. The van der Waals surface area contributed by atoms with Crippen LogP contribution in [-0.4, -0.2) is 25.3 Å². The molecule has 2 atom stereocenters. The third-order valence-electron chi connectivity index (χ3n) is 3.89. The van der Waals surface area contributed by atoms with Gasteiger partial charge in [0.1, 0.15) is 5.82 Å². The zero-order valence-electron chi connectivity index (χ0n) is 11.1. The molecule has 1 aromatic carbocycles. The van der Waals surface area contributed by atoms with E-state index in [0.29, 0.717) is 12.5 Å². The highest BCUT2D eigenvalue weighted by molar-refractivity contribution is 7.89. The maximum Gasteiger partial charge on any atom is 0.243 e. The molecule has 0 aliphatic carbocycles. The summed E-state index contributed by atoms with van der Waals surface area (Å²) in [5.74, 6) is -0.277. The molecule has 1 fully saturated rings. The molecule has 1 aromatic rings. The maximum atomic E-state index is 13.1. The van der Waals surface area contributed by atoms with E-state index in [4.69, 9.17) is 5.73 Å². The number of benzene rings is 1. The van der Waals surface area contributed by atoms with Gasteiger partial charge in [0.15, 0.2) is 0 Å². The quantitative estimate of drug-likeness (QED) is 0.848. The van der Waals surface area contributed by atoms with Gasteiger partial charge in [-0.05, 0) is 43.9 Å². The zero-order chi connectivity index (χ0) is 14.2. The van der Waals surface area contributed by atoms with Gasteiger partial charge in [-0.15, -0.1) is 0 Å². The normalized spacial score (nSPS) is 25.4. The average Bonchev–Trinajstić information content (AvgIpc) is 2.35. The van der Waals surface area contributed by atoms with Gasteiger partial charge in [0.25, 0.3) is 0 Å². The van der Waals surface area contributed by atoms with Gasteiger partial charge < -0.3 is 5.73 Å². The molecule has 2 N–H and O–H groups in total. The van der Waals surface area contributed by atoms with E-state index >= 15 is 0 Å². The van der Waals surface area contributed by atoms with Crippen LogP contribution >= 0.6 is 0 Å². The Morgan fingerprint density at radius 3 is 2.68 bits per heavy atom. The Bertz CT molecular complexity index is 574. The number of sulfonamides is 1. The molecule has 1 saturated heterocycles. The first-order valence-corrected chi connectivity index (χ1v) is 7.85. The van der Waals surface area contributed by atoms with Gasteiger partial charge in [-0.25, -0.2) is 12.8 Å². The smallest absolute Gasteiger partial charge is 0.243 e. The van der Waals surface area contributed by atoms with Gasteiger partial charge in [0.05, 0.1) is 10.6 Å². The summed E-state index contributed by atoms with van der Waals surface area (Å²) in [4.78, 5) is 0.0624. The second-order valence-electron chi connectivity index (χ2n) is 5.16. The lowest BCUT2D eigenvalue weighted by atomic mass is 9.94. The van der Waals surface area contributed by atoms with Crippen molar-refractivity contribution in [3.05, 3.63) is 24.0 Å². The van der Waals surface area contributed by atoms with Crippen LogP contribution in [0.2, 0.25) is 0 Å². The summed E-state index contributed by atoms with van der Waals surface area (Å²) in [6.45, 7) is 4.46. The Hall–Kier alpha value is -1.14. The third-order valence-corrected chi connectivity index (χ3v) is 5.87. The minimum atomic E-state index is -3.60. The fraction of sp³-hybridized carbons (Fsp3) is 0.538. The molecule has 0 bridgehead atoms. The Kier molecular flexibility index (Phi) is 3.82. The number of nitrogen functional groups attached to an aromatic ring is 1. The van der Waals surface area contributed by atoms with Gasteiger partial charge in [0.2, 0.25) is 10.0 Å². The third kappa shape index (κ3) is 2.60. The molecule has 0 spiro atoms. The molecule has 1 heterocycles. The summed E-state index contributed by atoms with van der Waals surface area (Å²) < 4.78 is 39.7. The lowest BCUT2D eigenvalue weighted by Gasteiger charge is -2.36. The summed E-state index contributed by atoms with van der Waals surface area (Å²) in [6.07, 6.45) is 1.88. The lowest BCUT2D eigenvalue weighted by molar-refractivity contribution is 0.202. The van der Waals surface area contributed by atoms with Gasteiger partial charge in [-0.2, -0.15) is 4.31 Å². The number of nitrogens with two attached hydrogens (primary N) is 1. The van der Waals surface area contributed by atoms with E-state index in [0.717, 1.165) is 18.9 Å². The van der Waals surface area contributed by atoms with Crippen molar-refractivity contribution in [2.24, 2.45) is 5.92 Å². The van der Waals surface area contributed by atoms with Gasteiger partial charge in [-0.1, -0.05) is 6.92 Å². The minimum absolute atomic E-state index is 0.0509. The van der Waals surface area contributed by atoms with Crippen LogP contribution in [0.15, 0.2) is 23.1 Å². The van der Waals surface area contributed by atoms with E-state index in [1.165, 1.54) is 16.4 Å². The molecule has 2 unspecified atom stereocenters. The van der Waals surface area contributed by atoms with Crippen molar-refractivity contribution in [2.45, 2.75) is 37.6 Å². The fourth-order valence-electron chi connectivity index (χ4n) is 2.45. The topological polar surface area (TPSA) is 63.4 Å². The standard InChI is InChI=1S/C13H19FN2O2S/c1-9-4-3-7-16(10(9)2)19(17,18)11-5-6-12(14)13(15)8-11/h5-6,8-10H,3-4,7,15H2,1-2H3. The van der Waals surface area contributed by atoms with Crippen LogP contribution in [-0.2, 0) is 10.0 Å². The van der Waals surface area contributed by atoms with Crippen molar-refractivity contribution < 1.29 is 12.8 Å². The first-order valence-electron chi connectivity index (χ1n) is 6.41. The van der Waals surface area contributed by atoms with Crippen LogP contribution in [0.3, 0.4) is 0 Å². The number of piperidine rings is 1. The van der Waals surface area contributed by atoms with Crippen LogP contribution in [0.25, 0.3) is 0 Å². The number of rotatable bonds is 2. The van der Waals surface area contributed by atoms with Gasteiger partial charge in [0, 0.05) is 12.6 Å². The monoisotopic (exact) mass is 286 g/mol. The largest absolute Gasteiger partial charge is 0.396 e. The van der Waals surface area contributed by atoms with E-state index in [-0.39, 0.29) is 16.6 Å². The van der Waals surface area contributed by atoms with Crippen molar-refractivity contribution in [2.75, 3.05) is 12.3 Å². The van der Waals surface area contributed by atoms with Crippen LogP contribution in [0.5, 0.6) is 0 Å². The number of anilines is 1. The Balaban J connectivity index is 2.38. The molecule has 0 radical (unpaired) electrons. The molecule has 0 saturated carbocycles. The summed E-state index contributed by atoms with van der Waals surface area (Å²) in [5, 5.41) is 0. The maximum absolute atomic E-state index is 13.1. The fourth-order valence-corrected chi connectivity index (χ4v) is 4.26. The molecular weight excluding hydrogens is 267 g/mol. The van der Waals surface area contributed by atoms with Gasteiger partial charge in [-0.3, -0.25) is 0 Å². The van der Waals surface area contributed by atoms with E-state index in [1.807, 2.05) is 13.8 Å². The summed E-state index contributed by atoms with van der Waals surface area (Å²) in [6, 6.07) is 3.51. The lowest BCUT2D eigenvalue weighted by Crippen LogP contribution is -2.45. The number of halogens is 1. The predicted octanol–water partition coefficient (Wildman–Crippen LogP) is 2.22. The van der Waals surface area contributed by atoms with Gasteiger partial charge >= 0.3 is 0 Å². The summed E-state index contributed by atoms with van der Waals surface area (Å²) in [7, 11) is -3.60. The molecule has 0 aromatic heterocycles. The van der Waals surface area contributed by atoms with Crippen LogP contribution < -0.4 is 5.73 Å². The molecule has 0 amide bonds. The minimum Gasteiger partial charge on any atom is -0.396 e. The first kappa shape index (κ1) is 14.3. The Labute approximate surface area is 113 Å². The highest BCUT2D eigenvalue weighted by Crippen LogP contribution is 2.29. The summed E-state index contributed by atoms with van der Waals surface area (Å²) in [5.41, 5.74) is 5.31. The van der Waals surface area contributed by atoms with E-state index in [1.54, 1.807) is 0 Å².